The Morgan fingerprint density at radius 1 is 1.12 bits per heavy atom. The van der Waals surface area contributed by atoms with Gasteiger partial charge in [-0.05, 0) is 57.1 Å². The Morgan fingerprint density at radius 2 is 1.85 bits per heavy atom. The highest BCUT2D eigenvalue weighted by Crippen LogP contribution is 2.33. The number of halogens is 1. The van der Waals surface area contributed by atoms with Crippen LogP contribution >= 0.6 is 11.6 Å². The molecular weight excluding hydrogens is 442 g/mol. The van der Waals surface area contributed by atoms with Crippen LogP contribution in [0.25, 0.3) is 0 Å². The average molecular weight is 476 g/mol. The Morgan fingerprint density at radius 3 is 2.58 bits per heavy atom. The van der Waals surface area contributed by atoms with Crippen LogP contribution in [0, 0.1) is 6.92 Å². The molecular formula is C25H34ClN3O4. The molecule has 0 radical (unpaired) electrons. The maximum Gasteiger partial charge on any atom is 0.262 e. The molecule has 7 nitrogen and oxygen atoms in total. The van der Waals surface area contributed by atoms with Crippen molar-refractivity contribution in [2.45, 2.75) is 26.8 Å². The Bertz CT molecular complexity index is 886. The number of rotatable bonds is 12. The smallest absolute Gasteiger partial charge is 0.262 e. The molecule has 1 saturated heterocycles. The van der Waals surface area contributed by atoms with E-state index in [0.29, 0.717) is 29.7 Å². The molecule has 33 heavy (non-hydrogen) atoms. The molecule has 180 valence electrons. The van der Waals surface area contributed by atoms with Crippen LogP contribution in [0.2, 0.25) is 5.02 Å². The number of amides is 1. The standard InChI is InChI=1S/C25H34ClN3O4/c1-3-32-23-15-20(17-27-9-4-10-29-11-13-31-14-12-29)22(26)16-24(23)33-18-25(30)28-21-7-5-19(2)6-8-21/h5-8,15-16,27H,3-4,9-14,17-18H2,1-2H3,(H,28,30). The van der Waals surface area contributed by atoms with Crippen LogP contribution in [0.3, 0.4) is 0 Å². The molecule has 0 spiro atoms. The van der Waals surface area contributed by atoms with E-state index >= 15 is 0 Å². The summed E-state index contributed by atoms with van der Waals surface area (Å²) in [5, 5.41) is 6.85. The fraction of sp³-hybridized carbons (Fsp3) is 0.480. The third-order valence-electron chi connectivity index (χ3n) is 5.35. The summed E-state index contributed by atoms with van der Waals surface area (Å²) >= 11 is 6.50. The van der Waals surface area contributed by atoms with Crippen LogP contribution in [-0.2, 0) is 16.1 Å². The highest BCUT2D eigenvalue weighted by molar-refractivity contribution is 6.31. The van der Waals surface area contributed by atoms with Gasteiger partial charge in [-0.15, -0.1) is 0 Å². The van der Waals surface area contributed by atoms with E-state index in [1.165, 1.54) is 0 Å². The van der Waals surface area contributed by atoms with E-state index in [1.54, 1.807) is 6.07 Å². The molecule has 0 aliphatic carbocycles. The third kappa shape index (κ3) is 8.51. The van der Waals surface area contributed by atoms with Gasteiger partial charge in [0.1, 0.15) is 0 Å². The quantitative estimate of drug-likeness (QED) is 0.454. The van der Waals surface area contributed by atoms with Crippen molar-refractivity contribution in [1.29, 1.82) is 0 Å². The van der Waals surface area contributed by atoms with Crippen molar-refractivity contribution in [3.05, 3.63) is 52.5 Å². The maximum atomic E-state index is 12.3. The molecule has 2 N–H and O–H groups in total. The first kappa shape index (κ1) is 25.3. The molecule has 1 amide bonds. The van der Waals surface area contributed by atoms with Crippen molar-refractivity contribution in [2.24, 2.45) is 0 Å². The van der Waals surface area contributed by atoms with Gasteiger partial charge in [-0.2, -0.15) is 0 Å². The number of morpholine rings is 1. The third-order valence-corrected chi connectivity index (χ3v) is 5.71. The molecule has 8 heteroatoms. The summed E-state index contributed by atoms with van der Waals surface area (Å²) in [6, 6.07) is 11.2. The minimum atomic E-state index is -0.247. The lowest BCUT2D eigenvalue weighted by Crippen LogP contribution is -2.37. The number of ether oxygens (including phenoxy) is 3. The average Bonchev–Trinajstić information content (AvgIpc) is 2.82. The Labute approximate surface area is 201 Å². The van der Waals surface area contributed by atoms with Gasteiger partial charge in [0, 0.05) is 36.4 Å². The first-order chi connectivity index (χ1) is 16.0. The van der Waals surface area contributed by atoms with Gasteiger partial charge in [0.25, 0.3) is 5.91 Å². The lowest BCUT2D eigenvalue weighted by atomic mass is 10.2. The van der Waals surface area contributed by atoms with Crippen LogP contribution in [0.15, 0.2) is 36.4 Å². The SMILES string of the molecule is CCOc1cc(CNCCCN2CCOCC2)c(Cl)cc1OCC(=O)Nc1ccc(C)cc1. The number of nitrogens with zero attached hydrogens (tertiary/aromatic N) is 1. The van der Waals surface area contributed by atoms with Gasteiger partial charge < -0.3 is 24.8 Å². The summed E-state index contributed by atoms with van der Waals surface area (Å²) in [5.41, 5.74) is 2.79. The van der Waals surface area contributed by atoms with Crippen LogP contribution in [0.5, 0.6) is 11.5 Å². The molecule has 0 bridgehead atoms. The molecule has 1 aliphatic rings. The van der Waals surface area contributed by atoms with Crippen molar-refractivity contribution >= 4 is 23.2 Å². The number of anilines is 1. The molecule has 2 aromatic carbocycles. The fourth-order valence-electron chi connectivity index (χ4n) is 3.55. The summed E-state index contributed by atoms with van der Waals surface area (Å²) in [7, 11) is 0. The predicted molar refractivity (Wildman–Crippen MR) is 132 cm³/mol. The van der Waals surface area contributed by atoms with E-state index in [2.05, 4.69) is 15.5 Å². The lowest BCUT2D eigenvalue weighted by molar-refractivity contribution is -0.118. The topological polar surface area (TPSA) is 72.1 Å². The number of aryl methyl sites for hydroxylation is 1. The van der Waals surface area contributed by atoms with E-state index in [9.17, 15) is 4.79 Å². The number of benzene rings is 2. The number of hydrogen-bond acceptors (Lipinski definition) is 6. The van der Waals surface area contributed by atoms with Crippen molar-refractivity contribution in [2.75, 3.05) is 57.9 Å². The summed E-state index contributed by atoms with van der Waals surface area (Å²) < 4.78 is 16.9. The molecule has 1 aliphatic heterocycles. The second-order valence-corrected chi connectivity index (χ2v) is 8.42. The highest BCUT2D eigenvalue weighted by atomic mass is 35.5. The van der Waals surface area contributed by atoms with E-state index in [-0.39, 0.29) is 12.5 Å². The Hall–Kier alpha value is -2.32. The summed E-state index contributed by atoms with van der Waals surface area (Å²) in [6.07, 6.45) is 1.06. The first-order valence-electron chi connectivity index (χ1n) is 11.5. The molecule has 2 aromatic rings. The van der Waals surface area contributed by atoms with Crippen molar-refractivity contribution < 1.29 is 19.0 Å². The number of carbonyl (C=O) groups is 1. The summed E-state index contributed by atoms with van der Waals surface area (Å²) in [5.74, 6) is 0.788. The predicted octanol–water partition coefficient (Wildman–Crippen LogP) is 3.88. The molecule has 0 atom stereocenters. The first-order valence-corrected chi connectivity index (χ1v) is 11.9. The number of hydrogen-bond donors (Lipinski definition) is 2. The van der Waals surface area contributed by atoms with E-state index < -0.39 is 0 Å². The van der Waals surface area contributed by atoms with E-state index in [0.717, 1.165) is 62.6 Å². The van der Waals surface area contributed by atoms with Gasteiger partial charge in [-0.25, -0.2) is 0 Å². The molecule has 0 aromatic heterocycles. The molecule has 0 saturated carbocycles. The van der Waals surface area contributed by atoms with Gasteiger partial charge in [0.15, 0.2) is 18.1 Å². The van der Waals surface area contributed by atoms with Crippen molar-refractivity contribution in [1.82, 2.24) is 10.2 Å². The molecule has 0 unspecified atom stereocenters. The second kappa shape index (κ2) is 13.4. The zero-order valence-corrected chi connectivity index (χ0v) is 20.2. The summed E-state index contributed by atoms with van der Waals surface area (Å²) in [4.78, 5) is 14.7. The van der Waals surface area contributed by atoms with Crippen LogP contribution in [0.1, 0.15) is 24.5 Å². The van der Waals surface area contributed by atoms with E-state index in [4.69, 9.17) is 25.8 Å². The minimum absolute atomic E-state index is 0.135. The zero-order valence-electron chi connectivity index (χ0n) is 19.5. The monoisotopic (exact) mass is 475 g/mol. The molecule has 1 heterocycles. The summed E-state index contributed by atoms with van der Waals surface area (Å²) in [6.45, 7) is 10.5. The van der Waals surface area contributed by atoms with Crippen LogP contribution in [0.4, 0.5) is 5.69 Å². The largest absolute Gasteiger partial charge is 0.490 e. The number of carbonyl (C=O) groups excluding carboxylic acids is 1. The van der Waals surface area contributed by atoms with Crippen LogP contribution in [-0.4, -0.2) is 63.4 Å². The fourth-order valence-corrected chi connectivity index (χ4v) is 3.77. The van der Waals surface area contributed by atoms with Gasteiger partial charge in [-0.1, -0.05) is 29.3 Å². The van der Waals surface area contributed by atoms with Gasteiger partial charge in [0.2, 0.25) is 0 Å². The number of nitrogens with one attached hydrogen (secondary N) is 2. The minimum Gasteiger partial charge on any atom is -0.490 e. The lowest BCUT2D eigenvalue weighted by Gasteiger charge is -2.26. The van der Waals surface area contributed by atoms with Crippen molar-refractivity contribution in [3.8, 4) is 11.5 Å². The van der Waals surface area contributed by atoms with Crippen molar-refractivity contribution in [3.63, 3.8) is 0 Å². The molecule has 3 rings (SSSR count). The highest BCUT2D eigenvalue weighted by Gasteiger charge is 2.14. The zero-order chi connectivity index (χ0) is 23.5. The van der Waals surface area contributed by atoms with Gasteiger partial charge >= 0.3 is 0 Å². The van der Waals surface area contributed by atoms with Gasteiger partial charge in [-0.3, -0.25) is 9.69 Å². The second-order valence-electron chi connectivity index (χ2n) is 8.01. The van der Waals surface area contributed by atoms with Crippen LogP contribution < -0.4 is 20.1 Å². The molecule has 1 fully saturated rings. The Kier molecular flexibility index (Phi) is 10.3. The normalized spacial score (nSPS) is 14.2. The van der Waals surface area contributed by atoms with Gasteiger partial charge in [0.05, 0.1) is 19.8 Å². The Balaban J connectivity index is 1.49. The maximum absolute atomic E-state index is 12.3. The van der Waals surface area contributed by atoms with E-state index in [1.807, 2.05) is 44.2 Å².